The summed E-state index contributed by atoms with van der Waals surface area (Å²) in [5.74, 6) is -0.990. The van der Waals surface area contributed by atoms with Crippen LogP contribution in [0.1, 0.15) is 18.7 Å². The molecule has 1 N–H and O–H groups in total. The van der Waals surface area contributed by atoms with Gasteiger partial charge in [-0.05, 0) is 38.1 Å². The summed E-state index contributed by atoms with van der Waals surface area (Å²) >= 11 is 0. The monoisotopic (exact) mass is 327 g/mol. The van der Waals surface area contributed by atoms with Crippen LogP contribution in [0.3, 0.4) is 0 Å². The Labute approximate surface area is 130 Å². The molecule has 2 aromatic rings. The molecule has 23 heavy (non-hydrogen) atoms. The molecule has 1 aliphatic rings. The zero-order valence-corrected chi connectivity index (χ0v) is 12.3. The van der Waals surface area contributed by atoms with Crippen LogP contribution in [0.5, 0.6) is 0 Å². The van der Waals surface area contributed by atoms with Gasteiger partial charge in [-0.15, -0.1) is 0 Å². The number of pyridine rings is 1. The van der Waals surface area contributed by atoms with Crippen molar-refractivity contribution >= 4 is 5.82 Å². The van der Waals surface area contributed by atoms with Gasteiger partial charge in [-0.1, -0.05) is 11.2 Å². The van der Waals surface area contributed by atoms with Crippen molar-refractivity contribution in [2.75, 3.05) is 31.5 Å². The van der Waals surface area contributed by atoms with E-state index in [4.69, 9.17) is 0 Å². The first-order chi connectivity index (χ1) is 11.0. The Bertz CT molecular complexity index is 652. The molecule has 6 nitrogen and oxygen atoms in total. The van der Waals surface area contributed by atoms with Gasteiger partial charge in [0.05, 0.1) is 0 Å². The zero-order chi connectivity index (χ0) is 16.3. The zero-order valence-electron chi connectivity index (χ0n) is 12.3. The van der Waals surface area contributed by atoms with Crippen LogP contribution in [0.4, 0.5) is 19.0 Å². The first-order valence-electron chi connectivity index (χ1n) is 7.37. The van der Waals surface area contributed by atoms with E-state index in [1.165, 1.54) is 18.9 Å². The van der Waals surface area contributed by atoms with E-state index in [9.17, 15) is 13.2 Å². The highest BCUT2D eigenvalue weighted by molar-refractivity contribution is 5.51. The van der Waals surface area contributed by atoms with Crippen molar-refractivity contribution in [3.8, 4) is 11.6 Å². The summed E-state index contributed by atoms with van der Waals surface area (Å²) in [7, 11) is 0. The van der Waals surface area contributed by atoms with Crippen molar-refractivity contribution in [2.45, 2.75) is 19.0 Å². The number of halogens is 3. The molecule has 9 heteroatoms. The fourth-order valence-corrected chi connectivity index (χ4v) is 2.44. The molecule has 3 rings (SSSR count). The van der Waals surface area contributed by atoms with E-state index in [-0.39, 0.29) is 11.6 Å². The molecule has 1 saturated heterocycles. The number of hydrogen-bond donors (Lipinski definition) is 1. The largest absolute Gasteiger partial charge is 0.455 e. The quantitative estimate of drug-likeness (QED) is 0.911. The molecular weight excluding hydrogens is 311 g/mol. The first kappa shape index (κ1) is 15.7. The van der Waals surface area contributed by atoms with Crippen molar-refractivity contribution in [1.82, 2.24) is 20.0 Å². The number of hydrogen-bond acceptors (Lipinski definition) is 6. The third-order valence-corrected chi connectivity index (χ3v) is 3.58. The van der Waals surface area contributed by atoms with Gasteiger partial charge in [-0.3, -0.25) is 0 Å². The molecule has 0 radical (unpaired) electrons. The van der Waals surface area contributed by atoms with E-state index < -0.39 is 12.0 Å². The molecule has 0 unspecified atom stereocenters. The summed E-state index contributed by atoms with van der Waals surface area (Å²) in [4.78, 5) is 9.90. The molecule has 124 valence electrons. The van der Waals surface area contributed by atoms with E-state index >= 15 is 0 Å². The van der Waals surface area contributed by atoms with Crippen molar-refractivity contribution < 1.29 is 17.7 Å². The van der Waals surface area contributed by atoms with Gasteiger partial charge in [-0.25, -0.2) is 4.98 Å². The van der Waals surface area contributed by atoms with E-state index in [1.807, 2.05) is 0 Å². The fraction of sp³-hybridized carbons (Fsp3) is 0.500. The van der Waals surface area contributed by atoms with Gasteiger partial charge in [0.1, 0.15) is 11.5 Å². The summed E-state index contributed by atoms with van der Waals surface area (Å²) in [6.07, 6.45) is -2.17. The number of likely N-dealkylation sites (tertiary alicyclic amines) is 1. The standard InChI is InChI=1S/C14H16F3N5O/c15-14(16,17)13-20-12(23-21-13)10-4-3-5-11(19-10)18-6-9-22-7-1-2-8-22/h3-5H,1-2,6-9H2,(H,18,19). The van der Waals surface area contributed by atoms with Crippen LogP contribution in [0.25, 0.3) is 11.6 Å². The molecule has 1 fully saturated rings. The van der Waals surface area contributed by atoms with E-state index in [0.29, 0.717) is 12.4 Å². The molecule has 0 saturated carbocycles. The van der Waals surface area contributed by atoms with Crippen LogP contribution in [-0.2, 0) is 6.18 Å². The summed E-state index contributed by atoms with van der Waals surface area (Å²) in [5, 5.41) is 6.08. The highest BCUT2D eigenvalue weighted by Gasteiger charge is 2.37. The van der Waals surface area contributed by atoms with Gasteiger partial charge in [0.2, 0.25) is 0 Å². The van der Waals surface area contributed by atoms with Crippen molar-refractivity contribution in [3.63, 3.8) is 0 Å². The minimum atomic E-state index is -4.63. The van der Waals surface area contributed by atoms with Gasteiger partial charge in [0.25, 0.3) is 11.7 Å². The highest BCUT2D eigenvalue weighted by Crippen LogP contribution is 2.28. The van der Waals surface area contributed by atoms with Crippen LogP contribution in [0.15, 0.2) is 22.7 Å². The van der Waals surface area contributed by atoms with Gasteiger partial charge >= 0.3 is 6.18 Å². The van der Waals surface area contributed by atoms with Gasteiger partial charge in [0.15, 0.2) is 0 Å². The average molecular weight is 327 g/mol. The minimum absolute atomic E-state index is 0.208. The summed E-state index contributed by atoms with van der Waals surface area (Å²) in [6, 6.07) is 4.95. The van der Waals surface area contributed by atoms with Gasteiger partial charge in [-0.2, -0.15) is 18.2 Å². The van der Waals surface area contributed by atoms with Gasteiger partial charge in [0, 0.05) is 13.1 Å². The molecular formula is C14H16F3N5O. The van der Waals surface area contributed by atoms with Crippen molar-refractivity contribution in [3.05, 3.63) is 24.0 Å². The maximum absolute atomic E-state index is 12.5. The second kappa shape index (κ2) is 6.53. The number of nitrogens with zero attached hydrogens (tertiary/aromatic N) is 4. The molecule has 2 aromatic heterocycles. The fourth-order valence-electron chi connectivity index (χ4n) is 2.44. The molecule has 0 aromatic carbocycles. The third-order valence-electron chi connectivity index (χ3n) is 3.58. The van der Waals surface area contributed by atoms with Crippen LogP contribution >= 0.6 is 0 Å². The topological polar surface area (TPSA) is 67.1 Å². The predicted octanol–water partition coefficient (Wildman–Crippen LogP) is 2.66. The molecule has 0 spiro atoms. The average Bonchev–Trinajstić information content (AvgIpc) is 3.18. The van der Waals surface area contributed by atoms with Crippen LogP contribution in [0.2, 0.25) is 0 Å². The van der Waals surface area contributed by atoms with Gasteiger partial charge < -0.3 is 14.7 Å². The Balaban J connectivity index is 1.63. The molecule has 0 bridgehead atoms. The van der Waals surface area contributed by atoms with Crippen LogP contribution in [0, 0.1) is 0 Å². The third kappa shape index (κ3) is 3.98. The Kier molecular flexibility index (Phi) is 4.46. The molecule has 0 aliphatic carbocycles. The predicted molar refractivity (Wildman–Crippen MR) is 76.7 cm³/mol. The number of nitrogens with one attached hydrogen (secondary N) is 1. The second-order valence-electron chi connectivity index (χ2n) is 5.30. The Hall–Kier alpha value is -2.16. The number of rotatable bonds is 5. The number of alkyl halides is 3. The SMILES string of the molecule is FC(F)(F)c1noc(-c2cccc(NCCN3CCCC3)n2)n1. The lowest BCUT2D eigenvalue weighted by atomic mass is 10.3. The van der Waals surface area contributed by atoms with Crippen molar-refractivity contribution in [2.24, 2.45) is 0 Å². The smallest absolute Gasteiger partial charge is 0.369 e. The summed E-state index contributed by atoms with van der Waals surface area (Å²) in [5.41, 5.74) is 0.208. The summed E-state index contributed by atoms with van der Waals surface area (Å²) in [6.45, 7) is 3.84. The first-order valence-corrected chi connectivity index (χ1v) is 7.37. The number of aromatic nitrogens is 3. The van der Waals surface area contributed by atoms with Crippen LogP contribution in [-0.4, -0.2) is 46.2 Å². The normalized spacial score (nSPS) is 16.0. The molecule has 0 amide bonds. The minimum Gasteiger partial charge on any atom is -0.369 e. The number of anilines is 1. The second-order valence-corrected chi connectivity index (χ2v) is 5.30. The molecule has 3 heterocycles. The molecule has 0 atom stereocenters. The Morgan fingerprint density at radius 1 is 1.17 bits per heavy atom. The Morgan fingerprint density at radius 3 is 2.65 bits per heavy atom. The van der Waals surface area contributed by atoms with E-state index in [2.05, 4.69) is 29.9 Å². The Morgan fingerprint density at radius 2 is 1.96 bits per heavy atom. The van der Waals surface area contributed by atoms with E-state index in [1.54, 1.807) is 12.1 Å². The van der Waals surface area contributed by atoms with Crippen LogP contribution < -0.4 is 5.32 Å². The lowest BCUT2D eigenvalue weighted by Gasteiger charge is -2.15. The maximum atomic E-state index is 12.5. The van der Waals surface area contributed by atoms with E-state index in [0.717, 1.165) is 19.6 Å². The lowest BCUT2D eigenvalue weighted by molar-refractivity contribution is -0.146. The van der Waals surface area contributed by atoms with Crippen molar-refractivity contribution in [1.29, 1.82) is 0 Å². The summed E-state index contributed by atoms with van der Waals surface area (Å²) < 4.78 is 42.1. The maximum Gasteiger partial charge on any atom is 0.455 e. The highest BCUT2D eigenvalue weighted by atomic mass is 19.4. The molecule has 1 aliphatic heterocycles. The lowest BCUT2D eigenvalue weighted by Crippen LogP contribution is -2.26.